The highest BCUT2D eigenvalue weighted by Crippen LogP contribution is 2.25. The molecule has 29 heavy (non-hydrogen) atoms. The van der Waals surface area contributed by atoms with Crippen LogP contribution in [0, 0.1) is 21.7 Å². The second kappa shape index (κ2) is 12.8. The Hall–Kier alpha value is -0.740. The molecule has 0 aliphatic carbocycles. The minimum absolute atomic E-state index is 0.0448. The topological polar surface area (TPSA) is 52.6 Å². The number of hydrogen-bond acceptors (Lipinski definition) is 4. The zero-order valence-corrected chi connectivity index (χ0v) is 21.6. The smallest absolute Gasteiger partial charge is 0.158 e. The molecule has 0 heterocycles. The first kappa shape index (κ1) is 30.5. The van der Waals surface area contributed by atoms with Crippen molar-refractivity contribution in [3.8, 4) is 0 Å². The molecule has 0 aliphatic rings. The highest BCUT2D eigenvalue weighted by Gasteiger charge is 2.21. The van der Waals surface area contributed by atoms with Gasteiger partial charge < -0.3 is 9.47 Å². The van der Waals surface area contributed by atoms with Gasteiger partial charge in [-0.1, -0.05) is 83.1 Å². The van der Waals surface area contributed by atoms with Crippen LogP contribution in [0.3, 0.4) is 0 Å². The molecule has 0 N–H and O–H groups in total. The predicted molar refractivity (Wildman–Crippen MR) is 123 cm³/mol. The van der Waals surface area contributed by atoms with Gasteiger partial charge in [0.05, 0.1) is 19.8 Å². The van der Waals surface area contributed by atoms with Gasteiger partial charge >= 0.3 is 0 Å². The van der Waals surface area contributed by atoms with Crippen LogP contribution in [0.2, 0.25) is 0 Å². The maximum atomic E-state index is 11.5. The molecule has 0 spiro atoms. The fourth-order valence-corrected chi connectivity index (χ4v) is 2.57. The zero-order chi connectivity index (χ0) is 23.5. The van der Waals surface area contributed by atoms with Crippen LogP contribution < -0.4 is 0 Å². The molecule has 0 fully saturated rings. The molecule has 174 valence electrons. The van der Waals surface area contributed by atoms with Crippen molar-refractivity contribution in [1.29, 1.82) is 0 Å². The number of hydrogen-bond donors (Lipinski definition) is 0. The van der Waals surface area contributed by atoms with E-state index in [1.54, 1.807) is 0 Å². The first-order valence-electron chi connectivity index (χ1n) is 10.9. The fourth-order valence-electron chi connectivity index (χ4n) is 2.57. The van der Waals surface area contributed by atoms with Gasteiger partial charge in [0.1, 0.15) is 12.4 Å². The normalized spacial score (nSPS) is 13.0. The molecule has 0 aromatic carbocycles. The first-order chi connectivity index (χ1) is 12.7. The number of carbonyl (C=O) groups is 2. The number of carbonyl (C=O) groups excluding carboxylic acids is 2. The third kappa shape index (κ3) is 29.6. The molecule has 0 aliphatic heterocycles. The fraction of sp³-hybridized carbons (Fsp3) is 0.920. The minimum atomic E-state index is 0.0448. The van der Waals surface area contributed by atoms with Crippen LogP contribution in [0.5, 0.6) is 0 Å². The number of Topliss-reactive ketones (excluding diaryl/α,β-unsaturated/α-hetero) is 2. The maximum absolute atomic E-state index is 11.5. The van der Waals surface area contributed by atoms with Crippen molar-refractivity contribution < 1.29 is 19.1 Å². The van der Waals surface area contributed by atoms with Gasteiger partial charge in [-0.2, -0.15) is 0 Å². The molecule has 0 aromatic rings. The van der Waals surface area contributed by atoms with E-state index in [0.29, 0.717) is 44.9 Å². The average molecular weight is 415 g/mol. The monoisotopic (exact) mass is 414 g/mol. The van der Waals surface area contributed by atoms with Crippen molar-refractivity contribution >= 4 is 11.6 Å². The summed E-state index contributed by atoms with van der Waals surface area (Å²) in [6.45, 7) is 27.1. The van der Waals surface area contributed by atoms with Crippen molar-refractivity contribution in [1.82, 2.24) is 0 Å². The molecule has 0 amide bonds. The van der Waals surface area contributed by atoms with Crippen LogP contribution >= 0.6 is 0 Å². The summed E-state index contributed by atoms with van der Waals surface area (Å²) < 4.78 is 10.7. The summed E-state index contributed by atoms with van der Waals surface area (Å²) in [5, 5.41) is 0. The van der Waals surface area contributed by atoms with Crippen LogP contribution in [-0.4, -0.2) is 38.0 Å². The average Bonchev–Trinajstić information content (AvgIpc) is 2.35. The summed E-state index contributed by atoms with van der Waals surface area (Å²) in [5.41, 5.74) is 0.510. The van der Waals surface area contributed by atoms with Crippen molar-refractivity contribution in [3.63, 3.8) is 0 Å². The van der Waals surface area contributed by atoms with Crippen LogP contribution in [0.25, 0.3) is 0 Å². The van der Waals surface area contributed by atoms with Gasteiger partial charge in [-0.25, -0.2) is 0 Å². The molecule has 0 aromatic heterocycles. The van der Waals surface area contributed by atoms with Gasteiger partial charge in [-0.3, -0.25) is 9.59 Å². The lowest BCUT2D eigenvalue weighted by atomic mass is 9.83. The van der Waals surface area contributed by atoms with Crippen molar-refractivity contribution in [2.24, 2.45) is 21.7 Å². The summed E-state index contributed by atoms with van der Waals surface area (Å²) in [6.07, 6.45) is 1.96. The third-order valence-corrected chi connectivity index (χ3v) is 3.35. The van der Waals surface area contributed by atoms with Gasteiger partial charge in [0.2, 0.25) is 0 Å². The molecule has 4 nitrogen and oxygen atoms in total. The predicted octanol–water partition coefficient (Wildman–Crippen LogP) is 6.50. The van der Waals surface area contributed by atoms with Crippen LogP contribution in [0.15, 0.2) is 0 Å². The summed E-state index contributed by atoms with van der Waals surface area (Å²) in [4.78, 5) is 23.0. The SMILES string of the molecule is CC(C)(C)CC(=O)CC(C)(C)C.CC(C)(C)COCCOCC(=O)CC(C)(C)C. The van der Waals surface area contributed by atoms with Gasteiger partial charge in [-0.15, -0.1) is 0 Å². The first-order valence-corrected chi connectivity index (χ1v) is 10.9. The second-order valence-electron chi connectivity index (χ2n) is 13.0. The molecule has 0 saturated carbocycles. The van der Waals surface area contributed by atoms with E-state index in [9.17, 15) is 9.59 Å². The third-order valence-electron chi connectivity index (χ3n) is 3.35. The Labute approximate surface area is 181 Å². The maximum Gasteiger partial charge on any atom is 0.158 e. The largest absolute Gasteiger partial charge is 0.379 e. The number of ether oxygens (including phenoxy) is 2. The summed E-state index contributed by atoms with van der Waals surface area (Å²) in [5.74, 6) is 0.545. The Balaban J connectivity index is 0. The highest BCUT2D eigenvalue weighted by atomic mass is 16.5. The van der Waals surface area contributed by atoms with Gasteiger partial charge in [-0.05, 0) is 21.7 Å². The van der Waals surface area contributed by atoms with Gasteiger partial charge in [0.15, 0.2) is 5.78 Å². The number of ketones is 2. The molecule has 0 bridgehead atoms. The Bertz CT molecular complexity index is 447. The van der Waals surface area contributed by atoms with E-state index in [1.165, 1.54) is 0 Å². The number of rotatable bonds is 9. The second-order valence-corrected chi connectivity index (χ2v) is 13.0. The van der Waals surface area contributed by atoms with E-state index in [-0.39, 0.29) is 34.1 Å². The molecule has 0 rings (SSSR count). The lowest BCUT2D eigenvalue weighted by molar-refractivity contribution is -0.126. The minimum Gasteiger partial charge on any atom is -0.379 e. The van der Waals surface area contributed by atoms with Crippen LogP contribution in [0.4, 0.5) is 0 Å². The Kier molecular flexibility index (Phi) is 13.5. The molecule has 0 atom stereocenters. The van der Waals surface area contributed by atoms with E-state index >= 15 is 0 Å². The van der Waals surface area contributed by atoms with E-state index in [2.05, 4.69) is 83.1 Å². The van der Waals surface area contributed by atoms with Crippen molar-refractivity contribution in [2.45, 2.75) is 102 Å². The summed E-state index contributed by atoms with van der Waals surface area (Å²) >= 11 is 0. The molecule has 4 heteroatoms. The van der Waals surface area contributed by atoms with E-state index in [4.69, 9.17) is 9.47 Å². The molecule has 0 radical (unpaired) electrons. The summed E-state index contributed by atoms with van der Waals surface area (Å²) in [7, 11) is 0. The van der Waals surface area contributed by atoms with Crippen molar-refractivity contribution in [3.05, 3.63) is 0 Å². The lowest BCUT2D eigenvalue weighted by Crippen LogP contribution is -2.20. The van der Waals surface area contributed by atoms with E-state index < -0.39 is 0 Å². The highest BCUT2D eigenvalue weighted by molar-refractivity contribution is 5.80. The zero-order valence-electron chi connectivity index (χ0n) is 21.6. The van der Waals surface area contributed by atoms with E-state index in [0.717, 1.165) is 0 Å². The molecular formula is C25H50O4. The molecular weight excluding hydrogens is 364 g/mol. The molecule has 0 saturated heterocycles. The Morgan fingerprint density at radius 1 is 0.517 bits per heavy atom. The lowest BCUT2D eigenvalue weighted by Gasteiger charge is -2.21. The Morgan fingerprint density at radius 2 is 0.862 bits per heavy atom. The van der Waals surface area contributed by atoms with Crippen LogP contribution in [-0.2, 0) is 19.1 Å². The standard InChI is InChI=1S/C14H28O3.C11H22O/c1-13(2,3)9-12(15)10-16-7-8-17-11-14(4,5)6;1-10(2,3)7-9(12)8-11(4,5)6/h7-11H2,1-6H3;7-8H2,1-6H3. The van der Waals surface area contributed by atoms with Crippen LogP contribution in [0.1, 0.15) is 102 Å². The van der Waals surface area contributed by atoms with Gasteiger partial charge in [0.25, 0.3) is 0 Å². The molecule has 0 unspecified atom stereocenters. The van der Waals surface area contributed by atoms with Crippen molar-refractivity contribution in [2.75, 3.05) is 26.4 Å². The quantitative estimate of drug-likeness (QED) is 0.404. The Morgan fingerprint density at radius 3 is 1.21 bits per heavy atom. The van der Waals surface area contributed by atoms with Gasteiger partial charge in [0, 0.05) is 19.3 Å². The van der Waals surface area contributed by atoms with E-state index in [1.807, 2.05) is 0 Å². The summed E-state index contributed by atoms with van der Waals surface area (Å²) in [6, 6.07) is 0.